The predicted molar refractivity (Wildman–Crippen MR) is 75.2 cm³/mol. The highest BCUT2D eigenvalue weighted by molar-refractivity contribution is 6.42. The Morgan fingerprint density at radius 1 is 1.33 bits per heavy atom. The third kappa shape index (κ3) is 3.05. The van der Waals surface area contributed by atoms with Crippen molar-refractivity contribution >= 4 is 23.2 Å². The van der Waals surface area contributed by atoms with E-state index in [0.717, 1.165) is 24.4 Å². The van der Waals surface area contributed by atoms with Gasteiger partial charge in [-0.3, -0.25) is 0 Å². The van der Waals surface area contributed by atoms with Crippen molar-refractivity contribution in [1.82, 2.24) is 15.3 Å². The molecule has 3 nitrogen and oxygen atoms in total. The highest BCUT2D eigenvalue weighted by atomic mass is 35.5. The maximum absolute atomic E-state index is 6.06. The van der Waals surface area contributed by atoms with E-state index in [1.165, 1.54) is 0 Å². The van der Waals surface area contributed by atoms with E-state index in [0.29, 0.717) is 10.0 Å². The molecule has 0 amide bonds. The van der Waals surface area contributed by atoms with Crippen molar-refractivity contribution in [1.29, 1.82) is 0 Å². The van der Waals surface area contributed by atoms with Crippen LogP contribution in [0.1, 0.15) is 30.8 Å². The van der Waals surface area contributed by atoms with Gasteiger partial charge in [0.1, 0.15) is 5.82 Å². The van der Waals surface area contributed by atoms with Crippen LogP contribution in [-0.2, 0) is 0 Å². The van der Waals surface area contributed by atoms with Crippen LogP contribution in [0.3, 0.4) is 0 Å². The maximum atomic E-state index is 6.06. The number of hydrogen-bond acceptors (Lipinski definition) is 2. The van der Waals surface area contributed by atoms with Crippen molar-refractivity contribution in [3.8, 4) is 0 Å². The fourth-order valence-electron chi connectivity index (χ4n) is 1.79. The normalized spacial score (nSPS) is 12.6. The van der Waals surface area contributed by atoms with Gasteiger partial charge in [0.15, 0.2) is 0 Å². The summed E-state index contributed by atoms with van der Waals surface area (Å²) in [6.45, 7) is 3.03. The first-order valence-corrected chi connectivity index (χ1v) is 6.65. The lowest BCUT2D eigenvalue weighted by Gasteiger charge is -2.17. The molecule has 0 spiro atoms. The number of rotatable bonds is 5. The van der Waals surface area contributed by atoms with Crippen molar-refractivity contribution in [3.05, 3.63) is 52.0 Å². The zero-order valence-corrected chi connectivity index (χ0v) is 11.6. The van der Waals surface area contributed by atoms with Gasteiger partial charge < -0.3 is 10.3 Å². The summed E-state index contributed by atoms with van der Waals surface area (Å²) in [6.07, 6.45) is 4.61. The van der Waals surface area contributed by atoms with E-state index in [1.807, 2.05) is 24.4 Å². The molecule has 1 atom stereocenters. The monoisotopic (exact) mass is 283 g/mol. The summed E-state index contributed by atoms with van der Waals surface area (Å²) >= 11 is 12.0. The molecule has 0 saturated carbocycles. The molecule has 1 heterocycles. The van der Waals surface area contributed by atoms with Gasteiger partial charge in [0.25, 0.3) is 0 Å². The molecule has 1 unspecified atom stereocenters. The highest BCUT2D eigenvalue weighted by Gasteiger charge is 2.16. The number of aromatic amines is 1. The fourth-order valence-corrected chi connectivity index (χ4v) is 2.09. The Hall–Kier alpha value is -1.03. The molecule has 1 aromatic carbocycles. The van der Waals surface area contributed by atoms with Crippen LogP contribution in [0.4, 0.5) is 0 Å². The van der Waals surface area contributed by atoms with E-state index in [1.54, 1.807) is 6.20 Å². The van der Waals surface area contributed by atoms with Gasteiger partial charge in [0.2, 0.25) is 0 Å². The number of nitrogens with zero attached hydrogens (tertiary/aromatic N) is 1. The summed E-state index contributed by atoms with van der Waals surface area (Å²) < 4.78 is 0. The topological polar surface area (TPSA) is 40.7 Å². The summed E-state index contributed by atoms with van der Waals surface area (Å²) in [5, 5.41) is 4.56. The quantitative estimate of drug-likeness (QED) is 0.876. The van der Waals surface area contributed by atoms with Crippen molar-refractivity contribution in [2.24, 2.45) is 0 Å². The summed E-state index contributed by atoms with van der Waals surface area (Å²) in [7, 11) is 0. The predicted octanol–water partition coefficient (Wildman–Crippen LogP) is 3.81. The summed E-state index contributed by atoms with van der Waals surface area (Å²) in [5.41, 5.74) is 1.05. The van der Waals surface area contributed by atoms with Crippen LogP contribution in [0.5, 0.6) is 0 Å². The van der Waals surface area contributed by atoms with Crippen LogP contribution in [0.15, 0.2) is 30.6 Å². The van der Waals surface area contributed by atoms with Crippen molar-refractivity contribution in [3.63, 3.8) is 0 Å². The Morgan fingerprint density at radius 2 is 2.17 bits per heavy atom. The number of aromatic nitrogens is 2. The van der Waals surface area contributed by atoms with Gasteiger partial charge in [0.05, 0.1) is 16.1 Å². The first kappa shape index (κ1) is 13.4. The molecule has 5 heteroatoms. The Morgan fingerprint density at radius 3 is 2.78 bits per heavy atom. The minimum absolute atomic E-state index is 0.00900. The average Bonchev–Trinajstić information content (AvgIpc) is 2.88. The highest BCUT2D eigenvalue weighted by Crippen LogP contribution is 2.27. The minimum atomic E-state index is 0.00900. The SMILES string of the molecule is CCCNC(c1ccc(Cl)c(Cl)c1)c1ncc[nH]1. The van der Waals surface area contributed by atoms with Crippen molar-refractivity contribution in [2.75, 3.05) is 6.54 Å². The molecule has 0 saturated heterocycles. The molecule has 0 radical (unpaired) electrons. The van der Waals surface area contributed by atoms with Gasteiger partial charge in [-0.25, -0.2) is 4.98 Å². The Bertz CT molecular complexity index is 497. The number of imidazole rings is 1. The fraction of sp³-hybridized carbons (Fsp3) is 0.308. The van der Waals surface area contributed by atoms with Crippen molar-refractivity contribution < 1.29 is 0 Å². The van der Waals surface area contributed by atoms with Crippen molar-refractivity contribution in [2.45, 2.75) is 19.4 Å². The van der Waals surface area contributed by atoms with E-state index in [9.17, 15) is 0 Å². The van der Waals surface area contributed by atoms with E-state index in [2.05, 4.69) is 22.2 Å². The molecule has 2 aromatic rings. The molecule has 0 bridgehead atoms. The van der Waals surface area contributed by atoms with Gasteiger partial charge in [-0.05, 0) is 30.7 Å². The number of nitrogens with one attached hydrogen (secondary N) is 2. The van der Waals surface area contributed by atoms with Crippen LogP contribution >= 0.6 is 23.2 Å². The number of benzene rings is 1. The van der Waals surface area contributed by atoms with Crippen LogP contribution in [0, 0.1) is 0 Å². The van der Waals surface area contributed by atoms with E-state index in [4.69, 9.17) is 23.2 Å². The largest absolute Gasteiger partial charge is 0.347 e. The molecular formula is C13H15Cl2N3. The zero-order chi connectivity index (χ0) is 13.0. The van der Waals surface area contributed by atoms with Crippen LogP contribution in [0.2, 0.25) is 10.0 Å². The molecular weight excluding hydrogens is 269 g/mol. The Labute approximate surface area is 117 Å². The molecule has 96 valence electrons. The lowest BCUT2D eigenvalue weighted by Crippen LogP contribution is -2.24. The van der Waals surface area contributed by atoms with Gasteiger partial charge >= 0.3 is 0 Å². The zero-order valence-electron chi connectivity index (χ0n) is 10.1. The van der Waals surface area contributed by atoms with Crippen LogP contribution < -0.4 is 5.32 Å². The van der Waals surface area contributed by atoms with Gasteiger partial charge in [-0.2, -0.15) is 0 Å². The number of H-pyrrole nitrogens is 1. The smallest absolute Gasteiger partial charge is 0.127 e. The molecule has 18 heavy (non-hydrogen) atoms. The second-order valence-corrected chi connectivity index (χ2v) is 4.85. The third-order valence-electron chi connectivity index (χ3n) is 2.67. The summed E-state index contributed by atoms with van der Waals surface area (Å²) in [5.74, 6) is 0.877. The molecule has 0 aliphatic carbocycles. The standard InChI is InChI=1S/C13H15Cl2N3/c1-2-5-16-12(13-17-6-7-18-13)9-3-4-10(14)11(15)8-9/h3-4,6-8,12,16H,2,5H2,1H3,(H,17,18). The second kappa shape index (κ2) is 6.23. The number of halogens is 2. The number of hydrogen-bond donors (Lipinski definition) is 2. The first-order valence-electron chi connectivity index (χ1n) is 5.90. The van der Waals surface area contributed by atoms with Gasteiger partial charge in [-0.15, -0.1) is 0 Å². The van der Waals surface area contributed by atoms with Crippen LogP contribution in [-0.4, -0.2) is 16.5 Å². The molecule has 0 aliphatic rings. The molecule has 0 aliphatic heterocycles. The summed E-state index contributed by atoms with van der Waals surface area (Å²) in [4.78, 5) is 7.43. The maximum Gasteiger partial charge on any atom is 0.127 e. The van der Waals surface area contributed by atoms with E-state index in [-0.39, 0.29) is 6.04 Å². The lowest BCUT2D eigenvalue weighted by atomic mass is 10.1. The molecule has 1 aromatic heterocycles. The molecule has 0 fully saturated rings. The Kier molecular flexibility index (Phi) is 4.64. The molecule has 2 N–H and O–H groups in total. The minimum Gasteiger partial charge on any atom is -0.347 e. The Balaban J connectivity index is 2.30. The first-order chi connectivity index (χ1) is 8.72. The van der Waals surface area contributed by atoms with Gasteiger partial charge in [0, 0.05) is 12.4 Å². The van der Waals surface area contributed by atoms with Gasteiger partial charge in [-0.1, -0.05) is 36.2 Å². The van der Waals surface area contributed by atoms with Crippen LogP contribution in [0.25, 0.3) is 0 Å². The van der Waals surface area contributed by atoms with E-state index < -0.39 is 0 Å². The second-order valence-electron chi connectivity index (χ2n) is 4.04. The molecule has 2 rings (SSSR count). The average molecular weight is 284 g/mol. The van der Waals surface area contributed by atoms with E-state index >= 15 is 0 Å². The third-order valence-corrected chi connectivity index (χ3v) is 3.41. The summed E-state index contributed by atoms with van der Waals surface area (Å²) in [6, 6.07) is 5.65. The lowest BCUT2D eigenvalue weighted by molar-refractivity contribution is 0.576.